The summed E-state index contributed by atoms with van der Waals surface area (Å²) in [6.45, 7) is 3.79. The van der Waals surface area contributed by atoms with Gasteiger partial charge in [0.05, 0.1) is 11.2 Å². The van der Waals surface area contributed by atoms with Crippen molar-refractivity contribution in [3.8, 4) is 0 Å². The smallest absolute Gasteiger partial charge is 0.199 e. The monoisotopic (exact) mass is 242 g/mol. The van der Waals surface area contributed by atoms with Crippen molar-refractivity contribution in [2.24, 2.45) is 5.18 Å². The first kappa shape index (κ1) is 11.1. The summed E-state index contributed by atoms with van der Waals surface area (Å²) in [4.78, 5) is 17.2. The lowest BCUT2D eigenvalue weighted by atomic mass is 10.1. The minimum atomic E-state index is 0.252. The molecule has 18 heavy (non-hydrogen) atoms. The van der Waals surface area contributed by atoms with E-state index in [-0.39, 0.29) is 5.82 Å². The van der Waals surface area contributed by atoms with Crippen molar-refractivity contribution in [1.29, 1.82) is 0 Å². The number of nitrogens with zero attached hydrogens (tertiary/aromatic N) is 3. The van der Waals surface area contributed by atoms with Crippen molar-refractivity contribution in [1.82, 2.24) is 10.3 Å². The van der Waals surface area contributed by atoms with Crippen molar-refractivity contribution in [2.75, 3.05) is 31.1 Å². The number of aromatic nitrogens is 1. The lowest BCUT2D eigenvalue weighted by Crippen LogP contribution is -2.43. The third-order valence-corrected chi connectivity index (χ3v) is 3.23. The van der Waals surface area contributed by atoms with Gasteiger partial charge in [-0.2, -0.15) is 0 Å². The van der Waals surface area contributed by atoms with Gasteiger partial charge in [-0.25, -0.2) is 4.98 Å². The van der Waals surface area contributed by atoms with E-state index in [1.54, 1.807) is 6.07 Å². The molecule has 0 aliphatic carbocycles. The fourth-order valence-corrected chi connectivity index (χ4v) is 2.36. The second kappa shape index (κ2) is 4.70. The van der Waals surface area contributed by atoms with E-state index in [4.69, 9.17) is 0 Å². The van der Waals surface area contributed by atoms with Gasteiger partial charge in [0.25, 0.3) is 0 Å². The normalized spacial score (nSPS) is 15.9. The van der Waals surface area contributed by atoms with E-state index in [0.717, 1.165) is 42.8 Å². The quantitative estimate of drug-likeness (QED) is 0.819. The summed E-state index contributed by atoms with van der Waals surface area (Å²) < 4.78 is 0. The van der Waals surface area contributed by atoms with Gasteiger partial charge in [0.2, 0.25) is 0 Å². The summed E-state index contributed by atoms with van der Waals surface area (Å²) in [6, 6.07) is 9.64. The van der Waals surface area contributed by atoms with Crippen molar-refractivity contribution >= 4 is 22.4 Å². The molecule has 0 saturated carbocycles. The zero-order valence-corrected chi connectivity index (χ0v) is 9.97. The van der Waals surface area contributed by atoms with E-state index < -0.39 is 0 Å². The molecule has 1 aromatic heterocycles. The molecule has 5 heteroatoms. The van der Waals surface area contributed by atoms with Crippen LogP contribution < -0.4 is 10.2 Å². The van der Waals surface area contributed by atoms with Crippen molar-refractivity contribution < 1.29 is 0 Å². The van der Waals surface area contributed by atoms with Crippen LogP contribution in [0.1, 0.15) is 0 Å². The number of fused-ring (bicyclic) bond motifs is 1. The topological polar surface area (TPSA) is 57.6 Å². The molecule has 0 spiro atoms. The molecule has 5 nitrogen and oxygen atoms in total. The molecular formula is C13H14N4O. The Morgan fingerprint density at radius 2 is 2.00 bits per heavy atom. The molecular weight excluding hydrogens is 228 g/mol. The van der Waals surface area contributed by atoms with Gasteiger partial charge >= 0.3 is 0 Å². The summed E-state index contributed by atoms with van der Waals surface area (Å²) in [7, 11) is 0. The fraction of sp³-hybridized carbons (Fsp3) is 0.308. The van der Waals surface area contributed by atoms with Crippen LogP contribution in [0, 0.1) is 4.91 Å². The zero-order valence-electron chi connectivity index (χ0n) is 9.97. The van der Waals surface area contributed by atoms with Crippen LogP contribution in [-0.2, 0) is 0 Å². The standard InChI is InChI=1S/C13H14N4O/c18-16-13-9-12(17-7-5-14-6-8-17)10-3-1-2-4-11(10)15-13/h1-4,9,14H,5-8H2. The number of anilines is 1. The third kappa shape index (κ3) is 1.93. The highest BCUT2D eigenvalue weighted by atomic mass is 16.3. The molecule has 0 unspecified atom stereocenters. The van der Waals surface area contributed by atoms with E-state index in [0.29, 0.717) is 0 Å². The lowest BCUT2D eigenvalue weighted by Gasteiger charge is -2.30. The molecule has 1 aliphatic heterocycles. The number of benzene rings is 1. The van der Waals surface area contributed by atoms with Crippen LogP contribution in [0.25, 0.3) is 10.9 Å². The molecule has 1 aromatic carbocycles. The number of nitroso groups, excluding NO2 is 1. The second-order valence-electron chi connectivity index (χ2n) is 4.35. The third-order valence-electron chi connectivity index (χ3n) is 3.23. The highest BCUT2D eigenvalue weighted by molar-refractivity contribution is 5.93. The molecule has 1 aliphatic rings. The number of hydrogen-bond donors (Lipinski definition) is 1. The first-order valence-electron chi connectivity index (χ1n) is 6.07. The maximum absolute atomic E-state index is 10.7. The molecule has 0 amide bonds. The molecule has 2 aromatic rings. The summed E-state index contributed by atoms with van der Waals surface area (Å²) in [5.74, 6) is 0.252. The van der Waals surface area contributed by atoms with E-state index in [1.807, 2.05) is 24.3 Å². The molecule has 0 radical (unpaired) electrons. The molecule has 0 atom stereocenters. The van der Waals surface area contributed by atoms with Crippen LogP contribution in [0.5, 0.6) is 0 Å². The number of nitrogens with one attached hydrogen (secondary N) is 1. The average Bonchev–Trinajstić information content (AvgIpc) is 2.47. The number of hydrogen-bond acceptors (Lipinski definition) is 5. The Morgan fingerprint density at radius 3 is 2.78 bits per heavy atom. The first-order valence-corrected chi connectivity index (χ1v) is 6.07. The highest BCUT2D eigenvalue weighted by Gasteiger charge is 2.15. The van der Waals surface area contributed by atoms with E-state index in [2.05, 4.69) is 20.4 Å². The molecule has 0 bridgehead atoms. The predicted octanol–water partition coefficient (Wildman–Crippen LogP) is 2.04. The van der Waals surface area contributed by atoms with Gasteiger partial charge in [-0.15, -0.1) is 4.91 Å². The van der Waals surface area contributed by atoms with Crippen LogP contribution in [0.4, 0.5) is 11.5 Å². The molecule has 1 N–H and O–H groups in total. The summed E-state index contributed by atoms with van der Waals surface area (Å²) in [6.07, 6.45) is 0. The van der Waals surface area contributed by atoms with Gasteiger partial charge in [0.1, 0.15) is 0 Å². The summed E-state index contributed by atoms with van der Waals surface area (Å²) >= 11 is 0. The Balaban J connectivity index is 2.15. The van der Waals surface area contributed by atoms with Gasteiger partial charge in [-0.05, 0) is 11.2 Å². The lowest BCUT2D eigenvalue weighted by molar-refractivity contribution is 0.590. The van der Waals surface area contributed by atoms with Crippen molar-refractivity contribution in [3.05, 3.63) is 35.2 Å². The van der Waals surface area contributed by atoms with Crippen LogP contribution in [0.15, 0.2) is 35.5 Å². The number of rotatable bonds is 2. The molecule has 1 saturated heterocycles. The van der Waals surface area contributed by atoms with Crippen LogP contribution >= 0.6 is 0 Å². The van der Waals surface area contributed by atoms with Crippen molar-refractivity contribution in [3.63, 3.8) is 0 Å². The van der Waals surface area contributed by atoms with E-state index in [1.165, 1.54) is 0 Å². The Hall–Kier alpha value is -2.01. The average molecular weight is 242 g/mol. The van der Waals surface area contributed by atoms with Crippen LogP contribution in [-0.4, -0.2) is 31.2 Å². The van der Waals surface area contributed by atoms with Crippen molar-refractivity contribution in [2.45, 2.75) is 0 Å². The fourth-order valence-electron chi connectivity index (χ4n) is 2.36. The first-order chi connectivity index (χ1) is 8.88. The Bertz CT molecular complexity index is 578. The van der Waals surface area contributed by atoms with Crippen LogP contribution in [0.2, 0.25) is 0 Å². The molecule has 92 valence electrons. The number of pyridine rings is 1. The molecule has 2 heterocycles. The maximum Gasteiger partial charge on any atom is 0.199 e. The van der Waals surface area contributed by atoms with Gasteiger partial charge in [-0.1, -0.05) is 18.2 Å². The van der Waals surface area contributed by atoms with Gasteiger partial charge in [0, 0.05) is 37.6 Å². The van der Waals surface area contributed by atoms with Crippen LogP contribution in [0.3, 0.4) is 0 Å². The van der Waals surface area contributed by atoms with E-state index in [9.17, 15) is 4.91 Å². The second-order valence-corrected chi connectivity index (χ2v) is 4.35. The van der Waals surface area contributed by atoms with E-state index >= 15 is 0 Å². The number of piperazine rings is 1. The summed E-state index contributed by atoms with van der Waals surface area (Å²) in [5.41, 5.74) is 1.87. The molecule has 1 fully saturated rings. The number of para-hydroxylation sites is 1. The largest absolute Gasteiger partial charge is 0.368 e. The summed E-state index contributed by atoms with van der Waals surface area (Å²) in [5, 5.41) is 7.37. The van der Waals surface area contributed by atoms with Gasteiger partial charge in [-0.3, -0.25) is 0 Å². The predicted molar refractivity (Wildman–Crippen MR) is 72.3 cm³/mol. The Labute approximate surface area is 105 Å². The minimum Gasteiger partial charge on any atom is -0.368 e. The highest BCUT2D eigenvalue weighted by Crippen LogP contribution is 2.29. The maximum atomic E-state index is 10.7. The Morgan fingerprint density at radius 1 is 1.22 bits per heavy atom. The minimum absolute atomic E-state index is 0.252. The Kier molecular flexibility index (Phi) is 2.90. The SMILES string of the molecule is O=Nc1cc(N2CCNCC2)c2ccccc2n1. The van der Waals surface area contributed by atoms with Gasteiger partial charge in [0.15, 0.2) is 5.82 Å². The van der Waals surface area contributed by atoms with Gasteiger partial charge < -0.3 is 10.2 Å². The zero-order chi connectivity index (χ0) is 12.4. The molecule has 3 rings (SSSR count).